The average molecular weight is 391 g/mol. The summed E-state index contributed by atoms with van der Waals surface area (Å²) in [6.45, 7) is 5.64. The van der Waals surface area contributed by atoms with Gasteiger partial charge in [0, 0.05) is 18.9 Å². The van der Waals surface area contributed by atoms with E-state index in [0.29, 0.717) is 6.61 Å². The van der Waals surface area contributed by atoms with Crippen molar-refractivity contribution in [3.8, 4) is 5.88 Å². The molecule has 3 rings (SSSR count). The lowest BCUT2D eigenvalue weighted by atomic mass is 10.1. The van der Waals surface area contributed by atoms with Crippen LogP contribution in [0.25, 0.3) is 0 Å². The van der Waals surface area contributed by atoms with E-state index < -0.39 is 10.0 Å². The number of anilines is 1. The lowest BCUT2D eigenvalue weighted by Crippen LogP contribution is -2.31. The van der Waals surface area contributed by atoms with Crippen molar-refractivity contribution >= 4 is 15.8 Å². The minimum absolute atomic E-state index is 0.107. The first-order valence-electron chi connectivity index (χ1n) is 9.30. The number of hydrogen-bond donors (Lipinski definition) is 1. The van der Waals surface area contributed by atoms with E-state index in [4.69, 9.17) is 4.74 Å². The lowest BCUT2D eigenvalue weighted by Gasteiger charge is -2.26. The Morgan fingerprint density at radius 2 is 1.78 bits per heavy atom. The fourth-order valence-electron chi connectivity index (χ4n) is 3.04. The largest absolute Gasteiger partial charge is 0.475 e. The van der Waals surface area contributed by atoms with Crippen molar-refractivity contribution in [1.82, 2.24) is 14.9 Å². The topological polar surface area (TPSA) is 84.4 Å². The van der Waals surface area contributed by atoms with Gasteiger partial charge in [0.05, 0.1) is 11.5 Å². The Kier molecular flexibility index (Phi) is 6.63. The molecule has 1 aromatic carbocycles. The number of ether oxygens (including phenoxy) is 1. The molecule has 146 valence electrons. The van der Waals surface area contributed by atoms with E-state index in [0.717, 1.165) is 31.6 Å². The normalized spacial score (nSPS) is 15.4. The van der Waals surface area contributed by atoms with Gasteiger partial charge in [-0.05, 0) is 51.4 Å². The third-order valence-corrected chi connectivity index (χ3v) is 5.89. The molecule has 27 heavy (non-hydrogen) atoms. The first-order valence-corrected chi connectivity index (χ1v) is 10.8. The first-order chi connectivity index (χ1) is 13.0. The van der Waals surface area contributed by atoms with Crippen LogP contribution in [-0.4, -0.2) is 49.5 Å². The van der Waals surface area contributed by atoms with Crippen LogP contribution in [-0.2, 0) is 10.0 Å². The number of hydrogen-bond acceptors (Lipinski definition) is 6. The minimum Gasteiger partial charge on any atom is -0.475 e. The van der Waals surface area contributed by atoms with Crippen molar-refractivity contribution in [3.05, 3.63) is 42.2 Å². The summed E-state index contributed by atoms with van der Waals surface area (Å²) in [5, 5.41) is 0. The van der Waals surface area contributed by atoms with Gasteiger partial charge in [-0.2, -0.15) is 0 Å². The zero-order chi connectivity index (χ0) is 19.1. The molecule has 0 amide bonds. The number of rotatable bonds is 8. The number of piperidine rings is 1. The minimum atomic E-state index is -3.74. The summed E-state index contributed by atoms with van der Waals surface area (Å²) in [5.74, 6) is 0.308. The summed E-state index contributed by atoms with van der Waals surface area (Å²) in [7, 11) is -3.74. The molecule has 1 N–H and O–H groups in total. The van der Waals surface area contributed by atoms with Gasteiger partial charge in [-0.1, -0.05) is 24.1 Å². The Labute approximate surface area is 160 Å². The predicted molar refractivity (Wildman–Crippen MR) is 104 cm³/mol. The van der Waals surface area contributed by atoms with Gasteiger partial charge in [0.2, 0.25) is 5.82 Å². The number of sulfonamides is 1. The maximum atomic E-state index is 12.6. The van der Waals surface area contributed by atoms with E-state index in [1.165, 1.54) is 31.7 Å². The van der Waals surface area contributed by atoms with Gasteiger partial charge in [-0.25, -0.2) is 18.4 Å². The predicted octanol–water partition coefficient (Wildman–Crippen LogP) is 2.84. The molecule has 0 bridgehead atoms. The smallest absolute Gasteiger partial charge is 0.263 e. The van der Waals surface area contributed by atoms with Gasteiger partial charge in [-0.15, -0.1) is 0 Å². The van der Waals surface area contributed by atoms with E-state index in [2.05, 4.69) is 19.6 Å². The number of aryl methyl sites for hydroxylation is 1. The highest BCUT2D eigenvalue weighted by Crippen LogP contribution is 2.22. The molecule has 2 heterocycles. The Hall–Kier alpha value is -2.19. The molecule has 1 saturated heterocycles. The number of benzene rings is 1. The summed E-state index contributed by atoms with van der Waals surface area (Å²) in [4.78, 5) is 10.8. The van der Waals surface area contributed by atoms with Crippen molar-refractivity contribution < 1.29 is 13.2 Å². The molecule has 0 atom stereocenters. The molecule has 8 heteroatoms. The zero-order valence-electron chi connectivity index (χ0n) is 15.6. The summed E-state index contributed by atoms with van der Waals surface area (Å²) in [6.07, 6.45) is 7.63. The second-order valence-electron chi connectivity index (χ2n) is 6.73. The molecular weight excluding hydrogens is 364 g/mol. The van der Waals surface area contributed by atoms with Gasteiger partial charge in [-0.3, -0.25) is 4.72 Å². The second kappa shape index (κ2) is 9.14. The van der Waals surface area contributed by atoms with Gasteiger partial charge in [0.15, 0.2) is 0 Å². The van der Waals surface area contributed by atoms with Crippen LogP contribution < -0.4 is 9.46 Å². The van der Waals surface area contributed by atoms with Crippen molar-refractivity contribution in [1.29, 1.82) is 0 Å². The number of likely N-dealkylation sites (tertiary alicyclic amines) is 1. The van der Waals surface area contributed by atoms with E-state index in [1.807, 2.05) is 6.92 Å². The Morgan fingerprint density at radius 1 is 1.07 bits per heavy atom. The number of nitrogens with zero attached hydrogens (tertiary/aromatic N) is 3. The van der Waals surface area contributed by atoms with E-state index in [9.17, 15) is 8.42 Å². The standard InChI is InChI=1S/C19H26N4O3S/c1-16-6-8-17(9-7-16)27(24,25)22-18-19(21-11-10-20-18)26-15-5-14-23-12-3-2-4-13-23/h6-11H,2-5,12-15H2,1H3,(H,20,22). The molecule has 1 fully saturated rings. The lowest BCUT2D eigenvalue weighted by molar-refractivity contribution is 0.203. The summed E-state index contributed by atoms with van der Waals surface area (Å²) in [6, 6.07) is 6.63. The summed E-state index contributed by atoms with van der Waals surface area (Å²) < 4.78 is 33.3. The third kappa shape index (κ3) is 5.64. The molecular formula is C19H26N4O3S. The van der Waals surface area contributed by atoms with Gasteiger partial charge >= 0.3 is 0 Å². The Morgan fingerprint density at radius 3 is 2.52 bits per heavy atom. The van der Waals surface area contributed by atoms with Crippen molar-refractivity contribution in [2.45, 2.75) is 37.5 Å². The van der Waals surface area contributed by atoms with Crippen LogP contribution in [0.4, 0.5) is 5.82 Å². The molecule has 7 nitrogen and oxygen atoms in total. The van der Waals surface area contributed by atoms with E-state index in [1.54, 1.807) is 24.3 Å². The second-order valence-corrected chi connectivity index (χ2v) is 8.42. The fraction of sp³-hybridized carbons (Fsp3) is 0.474. The Bertz CT molecular complexity index is 834. The SMILES string of the molecule is Cc1ccc(S(=O)(=O)Nc2nccnc2OCCCN2CCCCC2)cc1. The highest BCUT2D eigenvalue weighted by molar-refractivity contribution is 7.92. The van der Waals surface area contributed by atoms with Crippen LogP contribution in [0.3, 0.4) is 0 Å². The van der Waals surface area contributed by atoms with Crippen LogP contribution in [0.5, 0.6) is 5.88 Å². The fourth-order valence-corrected chi connectivity index (χ4v) is 4.05. The van der Waals surface area contributed by atoms with E-state index in [-0.39, 0.29) is 16.6 Å². The van der Waals surface area contributed by atoms with Crippen molar-refractivity contribution in [2.75, 3.05) is 31.0 Å². The highest BCUT2D eigenvalue weighted by Gasteiger charge is 2.18. The Balaban J connectivity index is 1.59. The van der Waals surface area contributed by atoms with Crippen LogP contribution >= 0.6 is 0 Å². The molecule has 0 radical (unpaired) electrons. The monoisotopic (exact) mass is 390 g/mol. The molecule has 1 aliphatic heterocycles. The van der Waals surface area contributed by atoms with Gasteiger partial charge < -0.3 is 9.64 Å². The van der Waals surface area contributed by atoms with Crippen LogP contribution in [0.1, 0.15) is 31.2 Å². The van der Waals surface area contributed by atoms with Crippen molar-refractivity contribution in [3.63, 3.8) is 0 Å². The van der Waals surface area contributed by atoms with E-state index >= 15 is 0 Å². The molecule has 0 spiro atoms. The molecule has 1 aliphatic rings. The maximum Gasteiger partial charge on any atom is 0.263 e. The molecule has 0 saturated carbocycles. The highest BCUT2D eigenvalue weighted by atomic mass is 32.2. The maximum absolute atomic E-state index is 12.6. The molecule has 2 aromatic rings. The zero-order valence-corrected chi connectivity index (χ0v) is 16.4. The first kappa shape index (κ1) is 19.6. The number of aromatic nitrogens is 2. The van der Waals surface area contributed by atoms with Crippen molar-refractivity contribution in [2.24, 2.45) is 0 Å². The molecule has 0 aliphatic carbocycles. The molecule has 1 aromatic heterocycles. The van der Waals surface area contributed by atoms with Crippen LogP contribution in [0.15, 0.2) is 41.6 Å². The van der Waals surface area contributed by atoms with Crippen LogP contribution in [0.2, 0.25) is 0 Å². The number of nitrogens with one attached hydrogen (secondary N) is 1. The summed E-state index contributed by atoms with van der Waals surface area (Å²) >= 11 is 0. The van der Waals surface area contributed by atoms with Crippen LogP contribution in [0, 0.1) is 6.92 Å². The third-order valence-electron chi connectivity index (χ3n) is 4.53. The van der Waals surface area contributed by atoms with Gasteiger partial charge in [0.25, 0.3) is 15.9 Å². The summed E-state index contributed by atoms with van der Waals surface area (Å²) in [5.41, 5.74) is 0.992. The molecule has 0 unspecified atom stereocenters. The van der Waals surface area contributed by atoms with Gasteiger partial charge in [0.1, 0.15) is 0 Å². The quantitative estimate of drug-likeness (QED) is 0.698. The average Bonchev–Trinajstić information content (AvgIpc) is 2.67.